The van der Waals surface area contributed by atoms with Crippen molar-refractivity contribution in [3.05, 3.63) is 29.8 Å². The zero-order valence-corrected chi connectivity index (χ0v) is 17.1. The summed E-state index contributed by atoms with van der Waals surface area (Å²) in [4.78, 5) is 22.8. The second kappa shape index (κ2) is 11.1. The summed E-state index contributed by atoms with van der Waals surface area (Å²) in [5.74, 6) is -0.118. The SMILES string of the molecule is CSc1ccc(/C(CC(C)C=O)=N/N(C)C(C)[C-]=O)cc1.[Y]. The van der Waals surface area contributed by atoms with E-state index in [0.29, 0.717) is 6.42 Å². The van der Waals surface area contributed by atoms with E-state index in [1.54, 1.807) is 30.7 Å². The molecule has 0 saturated heterocycles. The summed E-state index contributed by atoms with van der Waals surface area (Å²) >= 11 is 1.67. The predicted octanol–water partition coefficient (Wildman–Crippen LogP) is 2.77. The van der Waals surface area contributed by atoms with Gasteiger partial charge in [-0.1, -0.05) is 32.0 Å². The summed E-state index contributed by atoms with van der Waals surface area (Å²) in [7, 11) is 1.73. The Bertz CT molecular complexity index is 505. The number of likely N-dealkylation sites (N-methyl/N-ethyl adjacent to an activating group) is 1. The van der Waals surface area contributed by atoms with E-state index in [-0.39, 0.29) is 38.6 Å². The van der Waals surface area contributed by atoms with Gasteiger partial charge in [-0.15, -0.1) is 11.8 Å². The van der Waals surface area contributed by atoms with Crippen LogP contribution in [0, 0.1) is 5.92 Å². The average Bonchev–Trinajstić information content (AvgIpc) is 2.53. The van der Waals surface area contributed by atoms with Gasteiger partial charge in [0.05, 0.1) is 5.71 Å². The Kier molecular flexibility index (Phi) is 10.8. The van der Waals surface area contributed by atoms with E-state index in [1.807, 2.05) is 43.7 Å². The van der Waals surface area contributed by atoms with Gasteiger partial charge in [-0.25, -0.2) is 6.29 Å². The number of benzene rings is 1. The fourth-order valence-electron chi connectivity index (χ4n) is 1.71. The Morgan fingerprint density at radius 1 is 1.36 bits per heavy atom. The molecule has 1 rings (SSSR count). The first-order chi connectivity index (χ1) is 10.0. The quantitative estimate of drug-likeness (QED) is 0.224. The molecule has 2 unspecified atom stereocenters. The Balaban J connectivity index is 0.00000441. The number of carbonyl (C=O) groups excluding carboxylic acids is 2. The van der Waals surface area contributed by atoms with Crippen molar-refractivity contribution in [2.45, 2.75) is 31.2 Å². The van der Waals surface area contributed by atoms with Crippen LogP contribution in [0.15, 0.2) is 34.3 Å². The molecule has 0 amide bonds. The van der Waals surface area contributed by atoms with Crippen LogP contribution in [0.3, 0.4) is 0 Å². The Morgan fingerprint density at radius 2 is 1.95 bits per heavy atom. The van der Waals surface area contributed by atoms with Crippen molar-refractivity contribution in [2.75, 3.05) is 13.3 Å². The molecule has 0 bridgehead atoms. The van der Waals surface area contributed by atoms with Crippen molar-refractivity contribution in [2.24, 2.45) is 11.0 Å². The Morgan fingerprint density at radius 3 is 2.41 bits per heavy atom. The summed E-state index contributed by atoms with van der Waals surface area (Å²) in [6, 6.07) is 7.61. The standard InChI is InChI=1S/C16H21N2O2S.Y/c1-12(10-19)9-16(17-18(3)13(2)11-20)14-5-7-15(21-4)8-6-14;/h5-8,10,12-13H,9H2,1-4H3;/q-1;/b17-16+;. The number of nitrogens with zero attached hydrogens (tertiary/aromatic N) is 2. The minimum absolute atomic E-state index is 0. The summed E-state index contributed by atoms with van der Waals surface area (Å²) < 4.78 is 0. The molecule has 0 spiro atoms. The fourth-order valence-corrected chi connectivity index (χ4v) is 2.11. The monoisotopic (exact) mass is 394 g/mol. The maximum absolute atomic E-state index is 10.9. The van der Waals surface area contributed by atoms with Crippen LogP contribution in [0.4, 0.5) is 0 Å². The maximum atomic E-state index is 10.9. The van der Waals surface area contributed by atoms with Crippen LogP contribution >= 0.6 is 11.8 Å². The minimum Gasteiger partial charge on any atom is -0.540 e. The van der Waals surface area contributed by atoms with Gasteiger partial charge in [0, 0.05) is 57.0 Å². The van der Waals surface area contributed by atoms with Crippen LogP contribution in [0.25, 0.3) is 0 Å². The van der Waals surface area contributed by atoms with E-state index < -0.39 is 6.04 Å². The number of carbonyl (C=O) groups is 1. The Labute approximate surface area is 162 Å². The third kappa shape index (κ3) is 6.72. The topological polar surface area (TPSA) is 49.7 Å². The molecular formula is C16H21N2O2SY-. The van der Waals surface area contributed by atoms with Crippen LogP contribution in [0.1, 0.15) is 25.8 Å². The molecule has 1 radical (unpaired) electrons. The normalized spacial score (nSPS) is 13.7. The van der Waals surface area contributed by atoms with Crippen molar-refractivity contribution in [1.82, 2.24) is 5.01 Å². The van der Waals surface area contributed by atoms with Crippen molar-refractivity contribution in [3.63, 3.8) is 0 Å². The molecule has 0 aliphatic carbocycles. The maximum Gasteiger partial charge on any atom is 0.123 e. The molecule has 0 aliphatic heterocycles. The van der Waals surface area contributed by atoms with Gasteiger partial charge in [-0.3, -0.25) is 0 Å². The molecule has 117 valence electrons. The van der Waals surface area contributed by atoms with Gasteiger partial charge in [0.15, 0.2) is 0 Å². The van der Waals surface area contributed by atoms with E-state index in [2.05, 4.69) is 5.10 Å². The molecule has 0 saturated carbocycles. The molecule has 22 heavy (non-hydrogen) atoms. The molecule has 0 heterocycles. The second-order valence-electron chi connectivity index (χ2n) is 4.96. The van der Waals surface area contributed by atoms with Crippen molar-refractivity contribution < 1.29 is 42.3 Å². The molecule has 1 aromatic carbocycles. The largest absolute Gasteiger partial charge is 0.540 e. The summed E-state index contributed by atoms with van der Waals surface area (Å²) in [6.07, 6.45) is 5.38. The van der Waals surface area contributed by atoms with Gasteiger partial charge < -0.3 is 14.6 Å². The first-order valence-corrected chi connectivity index (χ1v) is 8.02. The molecule has 4 nitrogen and oxygen atoms in total. The second-order valence-corrected chi connectivity index (χ2v) is 5.84. The first-order valence-electron chi connectivity index (χ1n) is 6.79. The average molecular weight is 394 g/mol. The van der Waals surface area contributed by atoms with E-state index in [9.17, 15) is 9.59 Å². The first kappa shape index (κ1) is 21.5. The van der Waals surface area contributed by atoms with Gasteiger partial charge in [0.1, 0.15) is 6.29 Å². The number of rotatable bonds is 8. The number of thioether (sulfide) groups is 1. The van der Waals surface area contributed by atoms with Crippen molar-refractivity contribution >= 4 is 30.0 Å². The van der Waals surface area contributed by atoms with Crippen molar-refractivity contribution in [1.29, 1.82) is 0 Å². The molecule has 0 N–H and O–H groups in total. The van der Waals surface area contributed by atoms with E-state index >= 15 is 0 Å². The van der Waals surface area contributed by atoms with E-state index in [1.165, 1.54) is 4.90 Å². The third-order valence-electron chi connectivity index (χ3n) is 3.18. The van der Waals surface area contributed by atoms with Gasteiger partial charge in [0.25, 0.3) is 0 Å². The molecule has 0 aliphatic rings. The van der Waals surface area contributed by atoms with Crippen LogP contribution in [0.5, 0.6) is 0 Å². The van der Waals surface area contributed by atoms with E-state index in [4.69, 9.17) is 0 Å². The predicted molar refractivity (Wildman–Crippen MR) is 87.5 cm³/mol. The summed E-state index contributed by atoms with van der Waals surface area (Å²) in [5.41, 5.74) is 1.76. The van der Waals surface area contributed by atoms with Crippen LogP contribution < -0.4 is 0 Å². The summed E-state index contributed by atoms with van der Waals surface area (Å²) in [6.45, 7) is 3.59. The molecule has 6 heteroatoms. The molecule has 2 atom stereocenters. The van der Waals surface area contributed by atoms with Crippen LogP contribution in [0.2, 0.25) is 0 Å². The van der Waals surface area contributed by atoms with Crippen LogP contribution in [-0.4, -0.2) is 42.6 Å². The summed E-state index contributed by atoms with van der Waals surface area (Å²) in [5, 5.41) is 6.05. The van der Waals surface area contributed by atoms with Crippen LogP contribution in [-0.2, 0) is 42.3 Å². The molecular weight excluding hydrogens is 373 g/mol. The number of hydrogen-bond acceptors (Lipinski definition) is 5. The van der Waals surface area contributed by atoms with Gasteiger partial charge >= 0.3 is 0 Å². The third-order valence-corrected chi connectivity index (χ3v) is 3.92. The van der Waals surface area contributed by atoms with Gasteiger partial charge in [-0.2, -0.15) is 5.10 Å². The number of aldehydes is 1. The van der Waals surface area contributed by atoms with Gasteiger partial charge in [-0.05, 0) is 24.0 Å². The zero-order chi connectivity index (χ0) is 15.8. The molecule has 0 fully saturated rings. The van der Waals surface area contributed by atoms with Crippen molar-refractivity contribution in [3.8, 4) is 0 Å². The smallest absolute Gasteiger partial charge is 0.123 e. The molecule has 0 aromatic heterocycles. The number of hydrogen-bond donors (Lipinski definition) is 0. The van der Waals surface area contributed by atoms with Gasteiger partial charge in [0.2, 0.25) is 0 Å². The zero-order valence-electron chi connectivity index (χ0n) is 13.4. The van der Waals surface area contributed by atoms with E-state index in [0.717, 1.165) is 17.6 Å². The minimum atomic E-state index is -0.419. The number of hydrazone groups is 1. The molecule has 1 aromatic rings. The fraction of sp³-hybridized carbons (Fsp3) is 0.438. The Hall–Kier alpha value is -0.516.